The molecule has 166 valence electrons. The highest BCUT2D eigenvalue weighted by Gasteiger charge is 2.21. The van der Waals surface area contributed by atoms with Crippen molar-refractivity contribution in [3.8, 4) is 11.5 Å². The Morgan fingerprint density at radius 3 is 2.84 bits per heavy atom. The first-order chi connectivity index (χ1) is 15.6. The number of thiazole rings is 1. The summed E-state index contributed by atoms with van der Waals surface area (Å²) in [5.74, 6) is 0.889. The summed E-state index contributed by atoms with van der Waals surface area (Å²) in [5, 5.41) is 3.50. The maximum Gasteiger partial charge on any atom is 0.264 e. The highest BCUT2D eigenvalue weighted by atomic mass is 32.1. The molecule has 0 unspecified atom stereocenters. The molecule has 6 nitrogen and oxygen atoms in total. The minimum absolute atomic E-state index is 0.110. The Morgan fingerprint density at radius 1 is 1.22 bits per heavy atom. The smallest absolute Gasteiger partial charge is 0.264 e. The Kier molecular flexibility index (Phi) is 7.19. The summed E-state index contributed by atoms with van der Waals surface area (Å²) < 4.78 is 11.1. The molecule has 1 aliphatic heterocycles. The van der Waals surface area contributed by atoms with Crippen molar-refractivity contribution in [3.05, 3.63) is 82.9 Å². The molecular weight excluding hydrogens is 422 g/mol. The highest BCUT2D eigenvalue weighted by molar-refractivity contribution is 7.15. The van der Waals surface area contributed by atoms with E-state index in [1.807, 2.05) is 30.3 Å². The number of aromatic nitrogens is 1. The SMILES string of the molecule is C=CCc1ccc(OCC(=O)Nc2nc3c(s2)CN(Cc2ccccc2)CC3)c(OC)c1. The summed E-state index contributed by atoms with van der Waals surface area (Å²) in [6.07, 6.45) is 3.46. The fourth-order valence-corrected chi connectivity index (χ4v) is 4.77. The third kappa shape index (κ3) is 5.55. The van der Waals surface area contributed by atoms with Gasteiger partial charge in [0.15, 0.2) is 23.2 Å². The summed E-state index contributed by atoms with van der Waals surface area (Å²) in [4.78, 5) is 20.7. The zero-order chi connectivity index (χ0) is 22.3. The van der Waals surface area contributed by atoms with Gasteiger partial charge in [-0.1, -0.05) is 42.5 Å². The second kappa shape index (κ2) is 10.4. The molecule has 0 saturated heterocycles. The van der Waals surface area contributed by atoms with Gasteiger partial charge in [-0.25, -0.2) is 4.98 Å². The highest BCUT2D eigenvalue weighted by Crippen LogP contribution is 2.30. The van der Waals surface area contributed by atoms with Gasteiger partial charge in [0.1, 0.15) is 0 Å². The van der Waals surface area contributed by atoms with Crippen LogP contribution in [0.1, 0.15) is 21.7 Å². The number of hydrogen-bond donors (Lipinski definition) is 1. The fraction of sp³-hybridized carbons (Fsp3) is 0.280. The van der Waals surface area contributed by atoms with Crippen LogP contribution < -0.4 is 14.8 Å². The first kappa shape index (κ1) is 22.0. The Balaban J connectivity index is 1.32. The molecule has 32 heavy (non-hydrogen) atoms. The molecule has 2 aromatic carbocycles. The average Bonchev–Trinajstić information content (AvgIpc) is 3.20. The van der Waals surface area contributed by atoms with Gasteiger partial charge in [-0.15, -0.1) is 17.9 Å². The lowest BCUT2D eigenvalue weighted by atomic mass is 10.1. The van der Waals surface area contributed by atoms with Crippen molar-refractivity contribution in [1.29, 1.82) is 0 Å². The van der Waals surface area contributed by atoms with Crippen LogP contribution in [0, 0.1) is 0 Å². The van der Waals surface area contributed by atoms with Crippen LogP contribution in [0.4, 0.5) is 5.13 Å². The lowest BCUT2D eigenvalue weighted by Crippen LogP contribution is -2.29. The molecule has 0 bridgehead atoms. The molecular formula is C25H27N3O3S. The van der Waals surface area contributed by atoms with Crippen molar-refractivity contribution in [1.82, 2.24) is 9.88 Å². The van der Waals surface area contributed by atoms with E-state index < -0.39 is 0 Å². The standard InChI is InChI=1S/C25H27N3O3S/c1-3-7-18-10-11-21(22(14-18)30-2)31-17-24(29)27-25-26-20-12-13-28(16-23(20)32-25)15-19-8-5-4-6-9-19/h3-6,8-11,14H,1,7,12-13,15-17H2,2H3,(H,26,27,29). The first-order valence-corrected chi connectivity index (χ1v) is 11.4. The Hall–Kier alpha value is -3.16. The molecule has 1 aromatic heterocycles. The van der Waals surface area contributed by atoms with Crippen LogP contribution >= 0.6 is 11.3 Å². The van der Waals surface area contributed by atoms with E-state index in [1.165, 1.54) is 10.4 Å². The molecule has 1 N–H and O–H groups in total. The van der Waals surface area contributed by atoms with E-state index in [-0.39, 0.29) is 12.5 Å². The average molecular weight is 450 g/mol. The van der Waals surface area contributed by atoms with Crippen LogP contribution in [0.25, 0.3) is 0 Å². The minimum Gasteiger partial charge on any atom is -0.493 e. The molecule has 3 aromatic rings. The fourth-order valence-electron chi connectivity index (χ4n) is 3.70. The molecule has 0 radical (unpaired) electrons. The predicted molar refractivity (Wildman–Crippen MR) is 127 cm³/mol. The van der Waals surface area contributed by atoms with Gasteiger partial charge in [0, 0.05) is 30.9 Å². The van der Waals surface area contributed by atoms with Gasteiger partial charge < -0.3 is 9.47 Å². The van der Waals surface area contributed by atoms with Gasteiger partial charge in [-0.3, -0.25) is 15.0 Å². The normalized spacial score (nSPS) is 13.3. The third-order valence-electron chi connectivity index (χ3n) is 5.27. The van der Waals surface area contributed by atoms with Gasteiger partial charge >= 0.3 is 0 Å². The number of carbonyl (C=O) groups is 1. The van der Waals surface area contributed by atoms with Crippen LogP contribution in [-0.4, -0.2) is 36.1 Å². The number of carbonyl (C=O) groups excluding carboxylic acids is 1. The number of ether oxygens (including phenoxy) is 2. The number of hydrogen-bond acceptors (Lipinski definition) is 6. The van der Waals surface area contributed by atoms with E-state index in [4.69, 9.17) is 9.47 Å². The van der Waals surface area contributed by atoms with Crippen LogP contribution in [0.5, 0.6) is 11.5 Å². The number of rotatable bonds is 9. The van der Waals surface area contributed by atoms with Gasteiger partial charge in [-0.05, 0) is 29.7 Å². The lowest BCUT2D eigenvalue weighted by Gasteiger charge is -2.25. The van der Waals surface area contributed by atoms with Crippen molar-refractivity contribution in [3.63, 3.8) is 0 Å². The van der Waals surface area contributed by atoms with Crippen molar-refractivity contribution in [2.24, 2.45) is 0 Å². The van der Waals surface area contributed by atoms with Crippen LogP contribution in [0.3, 0.4) is 0 Å². The largest absolute Gasteiger partial charge is 0.493 e. The van der Waals surface area contributed by atoms with Crippen LogP contribution in [0.2, 0.25) is 0 Å². The monoisotopic (exact) mass is 449 g/mol. The van der Waals surface area contributed by atoms with Gasteiger partial charge in [0.05, 0.1) is 12.8 Å². The van der Waals surface area contributed by atoms with E-state index in [1.54, 1.807) is 18.4 Å². The molecule has 0 saturated carbocycles. The second-order valence-corrected chi connectivity index (χ2v) is 8.73. The quantitative estimate of drug-likeness (QED) is 0.489. The van der Waals surface area contributed by atoms with E-state index in [2.05, 4.69) is 46.0 Å². The number of amides is 1. The summed E-state index contributed by atoms with van der Waals surface area (Å²) in [7, 11) is 1.58. The van der Waals surface area contributed by atoms with Gasteiger partial charge in [0.25, 0.3) is 5.91 Å². The first-order valence-electron chi connectivity index (χ1n) is 10.6. The van der Waals surface area contributed by atoms with Gasteiger partial charge in [0.2, 0.25) is 0 Å². The maximum atomic E-state index is 12.4. The number of methoxy groups -OCH3 is 1. The summed E-state index contributed by atoms with van der Waals surface area (Å²) in [6, 6.07) is 16.1. The number of nitrogens with zero attached hydrogens (tertiary/aromatic N) is 2. The van der Waals surface area contributed by atoms with Crippen molar-refractivity contribution < 1.29 is 14.3 Å². The number of anilines is 1. The number of nitrogens with one attached hydrogen (secondary N) is 1. The summed E-state index contributed by atoms with van der Waals surface area (Å²) >= 11 is 1.54. The predicted octanol–water partition coefficient (Wildman–Crippen LogP) is 4.46. The van der Waals surface area contributed by atoms with Crippen LogP contribution in [-0.2, 0) is 30.7 Å². The number of allylic oxidation sites excluding steroid dienone is 1. The molecule has 7 heteroatoms. The summed E-state index contributed by atoms with van der Waals surface area (Å²) in [5.41, 5.74) is 3.46. The molecule has 0 fully saturated rings. The Morgan fingerprint density at radius 2 is 2.06 bits per heavy atom. The minimum atomic E-state index is -0.241. The van der Waals surface area contributed by atoms with Crippen LogP contribution in [0.15, 0.2) is 61.2 Å². The molecule has 4 rings (SSSR count). The third-order valence-corrected chi connectivity index (χ3v) is 6.27. The van der Waals surface area contributed by atoms with Crippen molar-refractivity contribution >= 4 is 22.4 Å². The van der Waals surface area contributed by atoms with E-state index in [9.17, 15) is 4.79 Å². The maximum absolute atomic E-state index is 12.4. The zero-order valence-electron chi connectivity index (χ0n) is 18.2. The lowest BCUT2D eigenvalue weighted by molar-refractivity contribution is -0.118. The molecule has 0 aliphatic carbocycles. The van der Waals surface area contributed by atoms with Gasteiger partial charge in [-0.2, -0.15) is 0 Å². The topological polar surface area (TPSA) is 63.7 Å². The molecule has 0 spiro atoms. The molecule has 1 amide bonds. The zero-order valence-corrected chi connectivity index (χ0v) is 19.0. The van der Waals surface area contributed by atoms with E-state index >= 15 is 0 Å². The molecule has 2 heterocycles. The van der Waals surface area contributed by atoms with E-state index in [0.717, 1.165) is 43.7 Å². The Labute approximate surface area is 192 Å². The Bertz CT molecular complexity index is 1080. The van der Waals surface area contributed by atoms with Crippen molar-refractivity contribution in [2.75, 3.05) is 25.6 Å². The van der Waals surface area contributed by atoms with Crippen molar-refractivity contribution in [2.45, 2.75) is 25.9 Å². The second-order valence-electron chi connectivity index (χ2n) is 7.65. The summed E-state index contributed by atoms with van der Waals surface area (Å²) in [6.45, 7) is 6.37. The van der Waals surface area contributed by atoms with E-state index in [0.29, 0.717) is 16.6 Å². The molecule has 0 atom stereocenters. The number of benzene rings is 2. The molecule has 1 aliphatic rings. The number of fused-ring (bicyclic) bond motifs is 1.